The van der Waals surface area contributed by atoms with Gasteiger partial charge in [-0.3, -0.25) is 0 Å². The first-order chi connectivity index (χ1) is 9.02. The number of rotatable bonds is 4. The monoisotopic (exact) mass is 262 g/mol. The highest BCUT2D eigenvalue weighted by Crippen LogP contribution is 2.10. The highest BCUT2D eigenvalue weighted by molar-refractivity contribution is 5.92. The number of hydrogen-bond acceptors (Lipinski definition) is 3. The third kappa shape index (κ3) is 5.25. The Bertz CT molecular complexity index is 474. The summed E-state index contributed by atoms with van der Waals surface area (Å²) in [6.07, 6.45) is 1.61. The number of allylic oxidation sites excluding steroid dienone is 1. The molecule has 5 heteroatoms. The fourth-order valence-corrected chi connectivity index (χ4v) is 1.28. The van der Waals surface area contributed by atoms with Crippen LogP contribution in [0.4, 0.5) is 10.5 Å². The van der Waals surface area contributed by atoms with E-state index in [9.17, 15) is 9.59 Å². The maximum Gasteiger partial charge on any atom is 0.338 e. The van der Waals surface area contributed by atoms with Gasteiger partial charge in [0.2, 0.25) is 0 Å². The van der Waals surface area contributed by atoms with Crippen molar-refractivity contribution in [2.45, 2.75) is 20.8 Å². The topological polar surface area (TPSA) is 67.4 Å². The number of ether oxygens (including phenoxy) is 1. The number of benzene rings is 1. The zero-order valence-electron chi connectivity index (χ0n) is 11.3. The highest BCUT2D eigenvalue weighted by atomic mass is 16.5. The molecule has 0 unspecified atom stereocenters. The predicted octanol–water partition coefficient (Wildman–Crippen LogP) is 2.91. The first-order valence-corrected chi connectivity index (χ1v) is 6.01. The third-order valence-electron chi connectivity index (χ3n) is 2.15. The summed E-state index contributed by atoms with van der Waals surface area (Å²) in [4.78, 5) is 22.9. The minimum Gasteiger partial charge on any atom is -0.462 e. The van der Waals surface area contributed by atoms with Crippen LogP contribution in [0.15, 0.2) is 36.0 Å². The van der Waals surface area contributed by atoms with E-state index in [0.717, 1.165) is 5.57 Å². The summed E-state index contributed by atoms with van der Waals surface area (Å²) in [5.41, 5.74) is 2.05. The van der Waals surface area contributed by atoms with Crippen molar-refractivity contribution in [3.8, 4) is 0 Å². The molecule has 0 aliphatic heterocycles. The van der Waals surface area contributed by atoms with Crippen LogP contribution in [0.2, 0.25) is 0 Å². The Kier molecular flexibility index (Phi) is 5.60. The van der Waals surface area contributed by atoms with Crippen molar-refractivity contribution in [3.63, 3.8) is 0 Å². The van der Waals surface area contributed by atoms with E-state index >= 15 is 0 Å². The molecule has 0 aliphatic rings. The second-order valence-corrected chi connectivity index (χ2v) is 4.12. The molecule has 0 heterocycles. The number of esters is 1. The number of amides is 2. The number of carbonyl (C=O) groups excluding carboxylic acids is 2. The van der Waals surface area contributed by atoms with Gasteiger partial charge in [0, 0.05) is 11.9 Å². The fraction of sp³-hybridized carbons (Fsp3) is 0.286. The van der Waals surface area contributed by atoms with Crippen molar-refractivity contribution in [1.29, 1.82) is 0 Å². The molecule has 0 aliphatic carbocycles. The van der Waals surface area contributed by atoms with Crippen LogP contribution in [-0.4, -0.2) is 18.6 Å². The second-order valence-electron chi connectivity index (χ2n) is 4.12. The van der Waals surface area contributed by atoms with Crippen LogP contribution in [0.1, 0.15) is 31.1 Å². The molecule has 0 fully saturated rings. The van der Waals surface area contributed by atoms with Gasteiger partial charge < -0.3 is 15.4 Å². The van der Waals surface area contributed by atoms with E-state index in [1.807, 2.05) is 13.8 Å². The molecule has 5 nitrogen and oxygen atoms in total. The first-order valence-electron chi connectivity index (χ1n) is 6.01. The SMILES string of the molecule is CCOC(=O)c1ccc(NC(=O)NC=C(C)C)cc1. The number of nitrogens with one attached hydrogen (secondary N) is 2. The molecule has 2 N–H and O–H groups in total. The van der Waals surface area contributed by atoms with E-state index in [0.29, 0.717) is 17.9 Å². The van der Waals surface area contributed by atoms with E-state index < -0.39 is 0 Å². The van der Waals surface area contributed by atoms with Gasteiger partial charge in [0.05, 0.1) is 12.2 Å². The molecule has 0 radical (unpaired) electrons. The van der Waals surface area contributed by atoms with Crippen molar-refractivity contribution in [2.75, 3.05) is 11.9 Å². The molecule has 1 aromatic rings. The summed E-state index contributed by atoms with van der Waals surface area (Å²) in [5.74, 6) is -0.372. The van der Waals surface area contributed by atoms with Crippen LogP contribution in [-0.2, 0) is 4.74 Å². The molecule has 102 valence electrons. The summed E-state index contributed by atoms with van der Waals surface area (Å²) in [6.45, 7) is 5.86. The Morgan fingerprint density at radius 2 is 1.84 bits per heavy atom. The summed E-state index contributed by atoms with van der Waals surface area (Å²) < 4.78 is 4.87. The highest BCUT2D eigenvalue weighted by Gasteiger charge is 2.06. The number of urea groups is 1. The van der Waals surface area contributed by atoms with Gasteiger partial charge in [-0.05, 0) is 45.0 Å². The quantitative estimate of drug-likeness (QED) is 0.820. The zero-order valence-corrected chi connectivity index (χ0v) is 11.3. The zero-order chi connectivity index (χ0) is 14.3. The molecule has 1 rings (SSSR count). The Labute approximate surface area is 112 Å². The normalized spacial score (nSPS) is 9.42. The minimum absolute atomic E-state index is 0.329. The molecule has 0 saturated carbocycles. The molecule has 19 heavy (non-hydrogen) atoms. The second kappa shape index (κ2) is 7.20. The Morgan fingerprint density at radius 3 is 2.37 bits per heavy atom. The fourth-order valence-electron chi connectivity index (χ4n) is 1.28. The third-order valence-corrected chi connectivity index (χ3v) is 2.15. The van der Waals surface area contributed by atoms with Gasteiger partial charge in [-0.2, -0.15) is 0 Å². The van der Waals surface area contributed by atoms with Gasteiger partial charge in [0.1, 0.15) is 0 Å². The van der Waals surface area contributed by atoms with Crippen molar-refractivity contribution < 1.29 is 14.3 Å². The Morgan fingerprint density at radius 1 is 1.21 bits per heavy atom. The molecular formula is C14H18N2O3. The maximum absolute atomic E-state index is 11.5. The lowest BCUT2D eigenvalue weighted by Gasteiger charge is -2.06. The van der Waals surface area contributed by atoms with Crippen LogP contribution in [0, 0.1) is 0 Å². The predicted molar refractivity (Wildman–Crippen MR) is 74.0 cm³/mol. The Hall–Kier alpha value is -2.30. The van der Waals surface area contributed by atoms with Gasteiger partial charge in [0.25, 0.3) is 0 Å². The molecule has 0 spiro atoms. The average Bonchev–Trinajstić information content (AvgIpc) is 2.37. The first kappa shape index (κ1) is 14.8. The van der Waals surface area contributed by atoms with Crippen LogP contribution in [0.3, 0.4) is 0 Å². The molecular weight excluding hydrogens is 244 g/mol. The molecule has 1 aromatic carbocycles. The van der Waals surface area contributed by atoms with Gasteiger partial charge in [-0.15, -0.1) is 0 Å². The smallest absolute Gasteiger partial charge is 0.338 e. The van der Waals surface area contributed by atoms with Crippen molar-refractivity contribution in [1.82, 2.24) is 5.32 Å². The number of hydrogen-bond donors (Lipinski definition) is 2. The minimum atomic E-state index is -0.372. The van der Waals surface area contributed by atoms with Gasteiger partial charge in [-0.25, -0.2) is 9.59 Å². The molecule has 0 atom stereocenters. The van der Waals surface area contributed by atoms with E-state index in [4.69, 9.17) is 4.74 Å². The molecule has 0 saturated heterocycles. The standard InChI is InChI=1S/C14H18N2O3/c1-4-19-13(17)11-5-7-12(8-6-11)16-14(18)15-9-10(2)3/h5-9H,4H2,1-3H3,(H2,15,16,18). The van der Waals surface area contributed by atoms with Gasteiger partial charge in [0.15, 0.2) is 0 Å². The molecule has 0 bridgehead atoms. The number of carbonyl (C=O) groups is 2. The molecule has 0 aromatic heterocycles. The van der Waals surface area contributed by atoms with Gasteiger partial charge in [-0.1, -0.05) is 5.57 Å². The van der Waals surface area contributed by atoms with E-state index in [2.05, 4.69) is 10.6 Å². The summed E-state index contributed by atoms with van der Waals surface area (Å²) in [6, 6.07) is 6.18. The average molecular weight is 262 g/mol. The van der Waals surface area contributed by atoms with Gasteiger partial charge >= 0.3 is 12.0 Å². The van der Waals surface area contributed by atoms with Crippen LogP contribution >= 0.6 is 0 Å². The van der Waals surface area contributed by atoms with Crippen LogP contribution < -0.4 is 10.6 Å². The van der Waals surface area contributed by atoms with E-state index in [1.165, 1.54) is 0 Å². The lowest BCUT2D eigenvalue weighted by Crippen LogP contribution is -2.24. The summed E-state index contributed by atoms with van der Waals surface area (Å²) in [7, 11) is 0. The number of anilines is 1. The summed E-state index contributed by atoms with van der Waals surface area (Å²) >= 11 is 0. The maximum atomic E-state index is 11.5. The van der Waals surface area contributed by atoms with Crippen molar-refractivity contribution >= 4 is 17.7 Å². The Balaban J connectivity index is 2.59. The lowest BCUT2D eigenvalue weighted by atomic mass is 10.2. The van der Waals surface area contributed by atoms with E-state index in [1.54, 1.807) is 37.4 Å². The van der Waals surface area contributed by atoms with E-state index in [-0.39, 0.29) is 12.0 Å². The molecule has 2 amide bonds. The summed E-state index contributed by atoms with van der Waals surface area (Å²) in [5, 5.41) is 5.23. The van der Waals surface area contributed by atoms with Crippen molar-refractivity contribution in [3.05, 3.63) is 41.6 Å². The van der Waals surface area contributed by atoms with Crippen molar-refractivity contribution in [2.24, 2.45) is 0 Å². The van der Waals surface area contributed by atoms with Crippen LogP contribution in [0.5, 0.6) is 0 Å². The largest absolute Gasteiger partial charge is 0.462 e. The lowest BCUT2D eigenvalue weighted by molar-refractivity contribution is 0.0526. The van der Waals surface area contributed by atoms with Crippen LogP contribution in [0.25, 0.3) is 0 Å².